The molecule has 3 aromatic rings. The van der Waals surface area contributed by atoms with Crippen LogP contribution < -0.4 is 11.5 Å². The number of hydrogen-bond donors (Lipinski definition) is 1. The molecule has 0 aliphatic heterocycles. The lowest BCUT2D eigenvalue weighted by Gasteiger charge is -2.03. The van der Waals surface area contributed by atoms with Crippen LogP contribution in [-0.2, 0) is 6.54 Å². The van der Waals surface area contributed by atoms with E-state index < -0.39 is 5.76 Å². The second-order valence-electron chi connectivity index (χ2n) is 4.34. The second kappa shape index (κ2) is 4.90. The summed E-state index contributed by atoms with van der Waals surface area (Å²) in [6, 6.07) is 10.9. The van der Waals surface area contributed by atoms with Crippen molar-refractivity contribution in [2.24, 2.45) is 5.73 Å². The summed E-state index contributed by atoms with van der Waals surface area (Å²) >= 11 is 4.90. The van der Waals surface area contributed by atoms with Crippen molar-refractivity contribution >= 4 is 28.4 Å². The molecular formula is C14H11N3O2S. The fraction of sp³-hybridized carbons (Fsp3) is 0.0714. The Labute approximate surface area is 119 Å². The highest BCUT2D eigenvalue weighted by molar-refractivity contribution is 7.80. The standard InChI is InChI=1S/C14H11N3O2S/c15-12(20)10-5-3-9(4-6-10)8-17-13-11(19-14(17)18)2-1-7-16-13/h1-7H,8H2,(H2,15,20). The number of pyridine rings is 1. The van der Waals surface area contributed by atoms with Crippen LogP contribution in [0, 0.1) is 0 Å². The summed E-state index contributed by atoms with van der Waals surface area (Å²) in [5.74, 6) is -0.419. The lowest BCUT2D eigenvalue weighted by molar-refractivity contribution is 0.517. The van der Waals surface area contributed by atoms with Gasteiger partial charge in [-0.05, 0) is 17.7 Å². The molecular weight excluding hydrogens is 274 g/mol. The molecule has 0 atom stereocenters. The molecule has 0 aliphatic rings. The number of benzene rings is 1. The molecule has 5 nitrogen and oxygen atoms in total. The summed E-state index contributed by atoms with van der Waals surface area (Å²) in [7, 11) is 0. The molecule has 0 saturated carbocycles. The third-order valence-electron chi connectivity index (χ3n) is 3.00. The van der Waals surface area contributed by atoms with Crippen molar-refractivity contribution < 1.29 is 4.42 Å². The van der Waals surface area contributed by atoms with Crippen molar-refractivity contribution in [3.63, 3.8) is 0 Å². The molecule has 3 rings (SSSR count). The van der Waals surface area contributed by atoms with Crippen molar-refractivity contribution in [2.45, 2.75) is 6.54 Å². The number of fused-ring (bicyclic) bond motifs is 1. The SMILES string of the molecule is NC(=S)c1ccc(Cn2c(=O)oc3cccnc32)cc1. The van der Waals surface area contributed by atoms with E-state index in [0.717, 1.165) is 11.1 Å². The summed E-state index contributed by atoms with van der Waals surface area (Å²) in [4.78, 5) is 16.4. The smallest absolute Gasteiger partial charge is 0.406 e. The monoisotopic (exact) mass is 285 g/mol. The average Bonchev–Trinajstić information content (AvgIpc) is 2.76. The Hall–Kier alpha value is -2.47. The summed E-state index contributed by atoms with van der Waals surface area (Å²) in [5, 5.41) is 0. The van der Waals surface area contributed by atoms with E-state index in [-0.39, 0.29) is 0 Å². The zero-order valence-corrected chi connectivity index (χ0v) is 11.3. The molecule has 0 radical (unpaired) electrons. The van der Waals surface area contributed by atoms with E-state index in [1.165, 1.54) is 4.57 Å². The van der Waals surface area contributed by atoms with Crippen LogP contribution in [-0.4, -0.2) is 14.5 Å². The first-order valence-corrected chi connectivity index (χ1v) is 6.39. The number of oxazole rings is 1. The Morgan fingerprint density at radius 1 is 1.30 bits per heavy atom. The normalized spacial score (nSPS) is 10.8. The summed E-state index contributed by atoms with van der Waals surface area (Å²) in [6.45, 7) is 0.389. The summed E-state index contributed by atoms with van der Waals surface area (Å²) in [5.41, 5.74) is 8.31. The first kappa shape index (κ1) is 12.6. The molecule has 0 saturated heterocycles. The topological polar surface area (TPSA) is 74.0 Å². The van der Waals surface area contributed by atoms with Crippen molar-refractivity contribution in [2.75, 3.05) is 0 Å². The fourth-order valence-electron chi connectivity index (χ4n) is 2.00. The van der Waals surface area contributed by atoms with Crippen molar-refractivity contribution in [1.29, 1.82) is 0 Å². The minimum absolute atomic E-state index is 0.351. The molecule has 0 amide bonds. The molecule has 2 aromatic heterocycles. The van der Waals surface area contributed by atoms with Gasteiger partial charge in [0, 0.05) is 11.8 Å². The van der Waals surface area contributed by atoms with Gasteiger partial charge in [-0.15, -0.1) is 0 Å². The first-order valence-electron chi connectivity index (χ1n) is 5.98. The van der Waals surface area contributed by atoms with Gasteiger partial charge in [0.25, 0.3) is 0 Å². The highest BCUT2D eigenvalue weighted by Gasteiger charge is 2.10. The van der Waals surface area contributed by atoms with Crippen LogP contribution in [0.1, 0.15) is 11.1 Å². The second-order valence-corrected chi connectivity index (χ2v) is 4.78. The van der Waals surface area contributed by atoms with Gasteiger partial charge in [-0.1, -0.05) is 36.5 Å². The van der Waals surface area contributed by atoms with Crippen LogP contribution >= 0.6 is 12.2 Å². The minimum Gasteiger partial charge on any atom is -0.406 e. The van der Waals surface area contributed by atoms with Gasteiger partial charge in [0.2, 0.25) is 0 Å². The first-order chi connectivity index (χ1) is 9.65. The van der Waals surface area contributed by atoms with E-state index in [4.69, 9.17) is 22.4 Å². The van der Waals surface area contributed by atoms with Crippen LogP contribution in [0.4, 0.5) is 0 Å². The van der Waals surface area contributed by atoms with Gasteiger partial charge >= 0.3 is 5.76 Å². The van der Waals surface area contributed by atoms with Crippen molar-refractivity contribution in [3.8, 4) is 0 Å². The molecule has 1 aromatic carbocycles. The van der Waals surface area contributed by atoms with Crippen LogP contribution in [0.25, 0.3) is 11.2 Å². The maximum atomic E-state index is 11.8. The molecule has 6 heteroatoms. The number of aromatic nitrogens is 2. The van der Waals surface area contributed by atoms with Gasteiger partial charge in [0.1, 0.15) is 4.99 Å². The Balaban J connectivity index is 1.99. The van der Waals surface area contributed by atoms with Gasteiger partial charge in [-0.3, -0.25) is 4.57 Å². The lowest BCUT2D eigenvalue weighted by Crippen LogP contribution is -2.15. The maximum absolute atomic E-state index is 11.8. The number of nitrogens with zero attached hydrogens (tertiary/aromatic N) is 2. The largest absolute Gasteiger partial charge is 0.421 e. The quantitative estimate of drug-likeness (QED) is 0.741. The Morgan fingerprint density at radius 2 is 2.05 bits per heavy atom. The molecule has 100 valence electrons. The molecule has 0 spiro atoms. The number of hydrogen-bond acceptors (Lipinski definition) is 4. The van der Waals surface area contributed by atoms with Gasteiger partial charge in [-0.25, -0.2) is 9.78 Å². The van der Waals surface area contributed by atoms with Crippen molar-refractivity contribution in [1.82, 2.24) is 9.55 Å². The van der Waals surface area contributed by atoms with E-state index in [1.807, 2.05) is 24.3 Å². The van der Waals surface area contributed by atoms with Gasteiger partial charge < -0.3 is 10.2 Å². The van der Waals surface area contributed by atoms with E-state index in [9.17, 15) is 4.79 Å². The maximum Gasteiger partial charge on any atom is 0.421 e. The average molecular weight is 285 g/mol. The Morgan fingerprint density at radius 3 is 2.75 bits per heavy atom. The van der Waals surface area contributed by atoms with Gasteiger partial charge in [-0.2, -0.15) is 0 Å². The van der Waals surface area contributed by atoms with Crippen molar-refractivity contribution in [3.05, 3.63) is 64.3 Å². The Bertz CT molecular complexity index is 833. The van der Waals surface area contributed by atoms with E-state index >= 15 is 0 Å². The van der Waals surface area contributed by atoms with Gasteiger partial charge in [0.15, 0.2) is 11.2 Å². The predicted molar refractivity (Wildman–Crippen MR) is 79.7 cm³/mol. The molecule has 0 bridgehead atoms. The highest BCUT2D eigenvalue weighted by Crippen LogP contribution is 2.12. The molecule has 0 unspecified atom stereocenters. The van der Waals surface area contributed by atoms with Crippen LogP contribution in [0.2, 0.25) is 0 Å². The lowest BCUT2D eigenvalue weighted by atomic mass is 10.1. The fourth-order valence-corrected chi connectivity index (χ4v) is 2.13. The van der Waals surface area contributed by atoms with Crippen LogP contribution in [0.3, 0.4) is 0 Å². The number of rotatable bonds is 3. The van der Waals surface area contributed by atoms with E-state index in [0.29, 0.717) is 22.8 Å². The van der Waals surface area contributed by atoms with Gasteiger partial charge in [0.05, 0.1) is 6.54 Å². The minimum atomic E-state index is -0.419. The molecule has 0 aliphatic carbocycles. The molecule has 2 N–H and O–H groups in total. The highest BCUT2D eigenvalue weighted by atomic mass is 32.1. The van der Waals surface area contributed by atoms with E-state index in [1.54, 1.807) is 18.3 Å². The third kappa shape index (κ3) is 2.21. The third-order valence-corrected chi connectivity index (χ3v) is 3.24. The number of nitrogens with two attached hydrogens (primary N) is 1. The molecule has 2 heterocycles. The van der Waals surface area contributed by atoms with E-state index in [2.05, 4.69) is 4.98 Å². The Kier molecular flexibility index (Phi) is 3.08. The molecule has 0 fully saturated rings. The molecule has 20 heavy (non-hydrogen) atoms. The zero-order chi connectivity index (χ0) is 14.1. The van der Waals surface area contributed by atoms with Crippen LogP contribution in [0.5, 0.6) is 0 Å². The predicted octanol–water partition coefficient (Wildman–Crippen LogP) is 1.67. The number of thiocarbonyl (C=S) groups is 1. The van der Waals surface area contributed by atoms with Crippen LogP contribution in [0.15, 0.2) is 51.8 Å². The summed E-state index contributed by atoms with van der Waals surface area (Å²) in [6.07, 6.45) is 1.63. The summed E-state index contributed by atoms with van der Waals surface area (Å²) < 4.78 is 6.63. The zero-order valence-electron chi connectivity index (χ0n) is 10.4.